The van der Waals surface area contributed by atoms with Crippen LogP contribution in [0.2, 0.25) is 0 Å². The third-order valence-corrected chi connectivity index (χ3v) is 2.49. The fourth-order valence-electron chi connectivity index (χ4n) is 1.73. The molecule has 0 aromatic carbocycles. The molecule has 16 heavy (non-hydrogen) atoms. The number of alkyl halides is 3. The molecule has 0 spiro atoms. The van der Waals surface area contributed by atoms with Crippen LogP contribution < -0.4 is 5.32 Å². The van der Waals surface area contributed by atoms with E-state index >= 15 is 0 Å². The molecule has 0 aromatic rings. The van der Waals surface area contributed by atoms with E-state index in [1.165, 1.54) is 6.26 Å². The molecule has 1 atom stereocenters. The standard InChI is InChI=1S/C11H18F3NO/c1-2-5-15-10(7-11(12,13)14)9-4-3-6-16-8-9/h8,10,15H,2-7H2,1H3. The van der Waals surface area contributed by atoms with Gasteiger partial charge in [0.25, 0.3) is 0 Å². The highest BCUT2D eigenvalue weighted by atomic mass is 19.4. The van der Waals surface area contributed by atoms with Gasteiger partial charge in [0.2, 0.25) is 0 Å². The van der Waals surface area contributed by atoms with Gasteiger partial charge in [0.15, 0.2) is 0 Å². The molecule has 1 heterocycles. The number of nitrogens with one attached hydrogen (secondary N) is 1. The first kappa shape index (κ1) is 13.4. The Morgan fingerprint density at radius 3 is 2.75 bits per heavy atom. The minimum Gasteiger partial charge on any atom is -0.501 e. The van der Waals surface area contributed by atoms with Gasteiger partial charge in [-0.25, -0.2) is 0 Å². The van der Waals surface area contributed by atoms with Gasteiger partial charge in [0.1, 0.15) is 0 Å². The zero-order chi connectivity index (χ0) is 12.0. The maximum absolute atomic E-state index is 12.4. The van der Waals surface area contributed by atoms with Crippen LogP contribution in [0.1, 0.15) is 32.6 Å². The molecule has 0 aromatic heterocycles. The van der Waals surface area contributed by atoms with Crippen LogP contribution in [0, 0.1) is 0 Å². The summed E-state index contributed by atoms with van der Waals surface area (Å²) in [6.07, 6.45) is -1.15. The van der Waals surface area contributed by atoms with E-state index in [1.807, 2.05) is 6.92 Å². The molecule has 0 saturated carbocycles. The van der Waals surface area contributed by atoms with E-state index in [0.29, 0.717) is 19.6 Å². The largest absolute Gasteiger partial charge is 0.501 e. The predicted octanol–water partition coefficient (Wildman–Crippen LogP) is 3.00. The average molecular weight is 237 g/mol. The maximum atomic E-state index is 12.4. The van der Waals surface area contributed by atoms with Crippen molar-refractivity contribution in [2.24, 2.45) is 0 Å². The van der Waals surface area contributed by atoms with Crippen molar-refractivity contribution in [2.45, 2.75) is 44.8 Å². The fourth-order valence-corrected chi connectivity index (χ4v) is 1.73. The summed E-state index contributed by atoms with van der Waals surface area (Å²) in [6.45, 7) is 3.14. The highest BCUT2D eigenvalue weighted by molar-refractivity contribution is 5.10. The molecule has 0 saturated heterocycles. The Balaban J connectivity index is 2.58. The molecule has 0 aliphatic carbocycles. The summed E-state index contributed by atoms with van der Waals surface area (Å²) in [5.41, 5.74) is 0.733. The van der Waals surface area contributed by atoms with Gasteiger partial charge in [-0.3, -0.25) is 0 Å². The van der Waals surface area contributed by atoms with Gasteiger partial charge < -0.3 is 10.1 Å². The second-order valence-electron chi connectivity index (χ2n) is 3.99. The van der Waals surface area contributed by atoms with Gasteiger partial charge >= 0.3 is 6.18 Å². The molecule has 1 rings (SSSR count). The number of hydrogen-bond donors (Lipinski definition) is 1. The summed E-state index contributed by atoms with van der Waals surface area (Å²) in [4.78, 5) is 0. The summed E-state index contributed by atoms with van der Waals surface area (Å²) in [5.74, 6) is 0. The average Bonchev–Trinajstić information content (AvgIpc) is 2.24. The first-order valence-corrected chi connectivity index (χ1v) is 5.63. The van der Waals surface area contributed by atoms with Gasteiger partial charge in [-0.15, -0.1) is 0 Å². The third kappa shape index (κ3) is 4.88. The van der Waals surface area contributed by atoms with Gasteiger partial charge in [-0.1, -0.05) is 6.92 Å². The summed E-state index contributed by atoms with van der Waals surface area (Å²) in [5, 5.41) is 2.93. The molecule has 1 unspecified atom stereocenters. The summed E-state index contributed by atoms with van der Waals surface area (Å²) < 4.78 is 42.2. The Morgan fingerprint density at radius 1 is 1.50 bits per heavy atom. The van der Waals surface area contributed by atoms with Crippen LogP contribution in [0.5, 0.6) is 0 Å². The van der Waals surface area contributed by atoms with Crippen molar-refractivity contribution in [1.82, 2.24) is 5.32 Å². The molecule has 0 bridgehead atoms. The quantitative estimate of drug-likeness (QED) is 0.793. The molecule has 1 N–H and O–H groups in total. The van der Waals surface area contributed by atoms with Crippen molar-refractivity contribution in [1.29, 1.82) is 0 Å². The van der Waals surface area contributed by atoms with E-state index < -0.39 is 18.6 Å². The third-order valence-electron chi connectivity index (χ3n) is 2.49. The zero-order valence-electron chi connectivity index (χ0n) is 9.44. The van der Waals surface area contributed by atoms with Gasteiger partial charge in [-0.05, 0) is 31.4 Å². The SMILES string of the molecule is CCCNC(CC(F)(F)F)C1=COCCC1. The smallest absolute Gasteiger partial charge is 0.390 e. The Labute approximate surface area is 93.9 Å². The lowest BCUT2D eigenvalue weighted by molar-refractivity contribution is -0.138. The van der Waals surface area contributed by atoms with E-state index in [2.05, 4.69) is 5.32 Å². The fraction of sp³-hybridized carbons (Fsp3) is 0.818. The Hall–Kier alpha value is -0.710. The van der Waals surface area contributed by atoms with E-state index in [9.17, 15) is 13.2 Å². The lowest BCUT2D eigenvalue weighted by Crippen LogP contribution is -2.36. The first-order valence-electron chi connectivity index (χ1n) is 5.63. The molecule has 1 aliphatic rings. The summed E-state index contributed by atoms with van der Waals surface area (Å²) in [6, 6.07) is -0.625. The van der Waals surface area contributed by atoms with Gasteiger partial charge in [0.05, 0.1) is 19.3 Å². The molecular formula is C11H18F3NO. The van der Waals surface area contributed by atoms with Crippen LogP contribution in [-0.4, -0.2) is 25.4 Å². The number of ether oxygens (including phenoxy) is 1. The van der Waals surface area contributed by atoms with Gasteiger partial charge in [0, 0.05) is 6.04 Å². The van der Waals surface area contributed by atoms with Crippen molar-refractivity contribution in [3.63, 3.8) is 0 Å². The molecule has 5 heteroatoms. The summed E-state index contributed by atoms with van der Waals surface area (Å²) >= 11 is 0. The Morgan fingerprint density at radius 2 is 2.25 bits per heavy atom. The van der Waals surface area contributed by atoms with Crippen molar-refractivity contribution >= 4 is 0 Å². The van der Waals surface area contributed by atoms with E-state index in [-0.39, 0.29) is 0 Å². The molecule has 94 valence electrons. The Kier molecular flexibility index (Phi) is 5.12. The molecule has 1 aliphatic heterocycles. The molecule has 2 nitrogen and oxygen atoms in total. The monoisotopic (exact) mass is 237 g/mol. The predicted molar refractivity (Wildman–Crippen MR) is 56.0 cm³/mol. The topological polar surface area (TPSA) is 21.3 Å². The van der Waals surface area contributed by atoms with Crippen LogP contribution in [0.4, 0.5) is 13.2 Å². The number of rotatable bonds is 5. The van der Waals surface area contributed by atoms with Crippen LogP contribution in [0.15, 0.2) is 11.8 Å². The van der Waals surface area contributed by atoms with Gasteiger partial charge in [-0.2, -0.15) is 13.2 Å². The highest BCUT2D eigenvalue weighted by Crippen LogP contribution is 2.27. The van der Waals surface area contributed by atoms with Crippen LogP contribution in [0.3, 0.4) is 0 Å². The first-order chi connectivity index (χ1) is 7.53. The van der Waals surface area contributed by atoms with Crippen molar-refractivity contribution in [2.75, 3.05) is 13.2 Å². The minimum absolute atomic E-state index is 0.595. The molecule has 0 radical (unpaired) electrons. The summed E-state index contributed by atoms with van der Waals surface area (Å²) in [7, 11) is 0. The number of halogens is 3. The molecular weight excluding hydrogens is 219 g/mol. The maximum Gasteiger partial charge on any atom is 0.390 e. The van der Waals surface area contributed by atoms with E-state index in [0.717, 1.165) is 18.4 Å². The van der Waals surface area contributed by atoms with E-state index in [4.69, 9.17) is 4.74 Å². The van der Waals surface area contributed by atoms with Crippen LogP contribution in [-0.2, 0) is 4.74 Å². The van der Waals surface area contributed by atoms with Crippen molar-refractivity contribution in [3.8, 4) is 0 Å². The van der Waals surface area contributed by atoms with Crippen molar-refractivity contribution in [3.05, 3.63) is 11.8 Å². The lowest BCUT2D eigenvalue weighted by atomic mass is 9.99. The van der Waals surface area contributed by atoms with Crippen molar-refractivity contribution < 1.29 is 17.9 Å². The number of hydrogen-bond acceptors (Lipinski definition) is 2. The normalized spacial score (nSPS) is 18.9. The second-order valence-corrected chi connectivity index (χ2v) is 3.99. The van der Waals surface area contributed by atoms with E-state index in [1.54, 1.807) is 0 Å². The molecule has 0 fully saturated rings. The zero-order valence-corrected chi connectivity index (χ0v) is 9.44. The minimum atomic E-state index is -4.14. The van der Waals surface area contributed by atoms with Crippen LogP contribution in [0.25, 0.3) is 0 Å². The molecule has 0 amide bonds. The lowest BCUT2D eigenvalue weighted by Gasteiger charge is -2.25. The van der Waals surface area contributed by atoms with Crippen LogP contribution >= 0.6 is 0 Å². The Bertz CT molecular complexity index is 238. The highest BCUT2D eigenvalue weighted by Gasteiger charge is 2.33. The second kappa shape index (κ2) is 6.13.